The number of rotatable bonds is 6. The van der Waals surface area contributed by atoms with Gasteiger partial charge < -0.3 is 19.5 Å². The second-order valence-corrected chi connectivity index (χ2v) is 6.71. The lowest BCUT2D eigenvalue weighted by molar-refractivity contribution is -0.117. The van der Waals surface area contributed by atoms with E-state index in [0.717, 1.165) is 28.4 Å². The van der Waals surface area contributed by atoms with E-state index < -0.39 is 0 Å². The van der Waals surface area contributed by atoms with Crippen LogP contribution >= 0.6 is 0 Å². The quantitative estimate of drug-likeness (QED) is 0.785. The molecule has 0 aromatic heterocycles. The minimum Gasteiger partial charge on any atom is -0.496 e. The van der Waals surface area contributed by atoms with Gasteiger partial charge in [0.05, 0.1) is 13.2 Å². The van der Waals surface area contributed by atoms with E-state index in [2.05, 4.69) is 19.2 Å². The Hall–Kier alpha value is -2.95. The molecule has 0 radical (unpaired) electrons. The number of ether oxygens (including phenoxy) is 3. The highest BCUT2D eigenvalue weighted by molar-refractivity contribution is 5.92. The van der Waals surface area contributed by atoms with Crippen molar-refractivity contribution in [1.29, 1.82) is 0 Å². The van der Waals surface area contributed by atoms with Crippen molar-refractivity contribution < 1.29 is 19.0 Å². The Morgan fingerprint density at radius 2 is 1.85 bits per heavy atom. The van der Waals surface area contributed by atoms with Crippen LogP contribution in [-0.4, -0.2) is 26.2 Å². The zero-order valence-corrected chi connectivity index (χ0v) is 15.9. The first kappa shape index (κ1) is 18.8. The van der Waals surface area contributed by atoms with Crippen LogP contribution in [0.4, 0.5) is 0 Å². The summed E-state index contributed by atoms with van der Waals surface area (Å²) in [5, 5.41) is 3.08. The molecule has 1 amide bonds. The molecule has 5 heteroatoms. The second-order valence-electron chi connectivity index (χ2n) is 6.71. The number of benzene rings is 2. The highest BCUT2D eigenvalue weighted by Gasteiger charge is 2.20. The van der Waals surface area contributed by atoms with Gasteiger partial charge in [0, 0.05) is 11.6 Å². The number of carbonyl (C=O) groups is 1. The molecule has 0 bridgehead atoms. The Labute approximate surface area is 159 Å². The molecule has 2 aromatic rings. The number of amides is 1. The first-order valence-electron chi connectivity index (χ1n) is 9.09. The number of carbonyl (C=O) groups excluding carboxylic acids is 1. The topological polar surface area (TPSA) is 56.8 Å². The van der Waals surface area contributed by atoms with E-state index in [4.69, 9.17) is 14.2 Å². The summed E-state index contributed by atoms with van der Waals surface area (Å²) < 4.78 is 16.5. The van der Waals surface area contributed by atoms with Gasteiger partial charge in [0.15, 0.2) is 11.5 Å². The van der Waals surface area contributed by atoms with Crippen molar-refractivity contribution in [3.8, 4) is 17.2 Å². The van der Waals surface area contributed by atoms with Crippen LogP contribution in [0.2, 0.25) is 0 Å². The molecule has 1 heterocycles. The highest BCUT2D eigenvalue weighted by Crippen LogP contribution is 2.34. The van der Waals surface area contributed by atoms with E-state index in [9.17, 15) is 4.79 Å². The Bertz CT molecular complexity index is 829. The van der Waals surface area contributed by atoms with E-state index in [-0.39, 0.29) is 17.9 Å². The molecule has 2 aromatic carbocycles. The molecular weight excluding hydrogens is 342 g/mol. The lowest BCUT2D eigenvalue weighted by Crippen LogP contribution is -2.30. The SMILES string of the molecule is COc1ccccc1/C=C/C(=O)N[C@@H](c1ccc2c(c1)OCCO2)C(C)C. The average molecular weight is 367 g/mol. The fourth-order valence-electron chi connectivity index (χ4n) is 3.06. The molecule has 0 spiro atoms. The third kappa shape index (κ3) is 4.61. The number of fused-ring (bicyclic) bond motifs is 1. The standard InChI is InChI=1S/C22H25NO4/c1-15(2)22(17-8-10-19-20(14-17)27-13-12-26-19)23-21(24)11-9-16-6-4-5-7-18(16)25-3/h4-11,14-15,22H,12-13H2,1-3H3,(H,23,24)/b11-9+/t22-/m1/s1. The van der Waals surface area contributed by atoms with Gasteiger partial charge in [-0.25, -0.2) is 0 Å². The normalized spacial score (nSPS) is 14.2. The van der Waals surface area contributed by atoms with Crippen LogP contribution in [0.25, 0.3) is 6.08 Å². The first-order valence-corrected chi connectivity index (χ1v) is 9.09. The fraction of sp³-hybridized carbons (Fsp3) is 0.318. The molecular formula is C22H25NO4. The molecule has 1 N–H and O–H groups in total. The van der Waals surface area contributed by atoms with Crippen molar-refractivity contribution in [2.24, 2.45) is 5.92 Å². The fourth-order valence-corrected chi connectivity index (χ4v) is 3.06. The van der Waals surface area contributed by atoms with Gasteiger partial charge in [-0.1, -0.05) is 38.1 Å². The van der Waals surface area contributed by atoms with Crippen LogP contribution < -0.4 is 19.5 Å². The summed E-state index contributed by atoms with van der Waals surface area (Å²) in [5.41, 5.74) is 1.85. The molecule has 0 saturated heterocycles. The molecule has 1 aliphatic rings. The molecule has 0 unspecified atom stereocenters. The maximum absolute atomic E-state index is 12.5. The third-order valence-corrected chi connectivity index (χ3v) is 4.44. The number of hydrogen-bond acceptors (Lipinski definition) is 4. The van der Waals surface area contributed by atoms with Crippen LogP contribution in [0.5, 0.6) is 17.2 Å². The zero-order valence-electron chi connectivity index (χ0n) is 15.9. The first-order chi connectivity index (χ1) is 13.1. The van der Waals surface area contributed by atoms with Crippen LogP contribution in [0, 0.1) is 5.92 Å². The summed E-state index contributed by atoms with van der Waals surface area (Å²) in [6, 6.07) is 13.3. The van der Waals surface area contributed by atoms with Crippen molar-refractivity contribution >= 4 is 12.0 Å². The molecule has 0 saturated carbocycles. The monoisotopic (exact) mass is 367 g/mol. The molecule has 1 atom stereocenters. The van der Waals surface area contributed by atoms with Crippen molar-refractivity contribution in [2.75, 3.05) is 20.3 Å². The van der Waals surface area contributed by atoms with E-state index in [1.54, 1.807) is 13.2 Å². The number of methoxy groups -OCH3 is 1. The second kappa shape index (κ2) is 8.62. The number of para-hydroxylation sites is 1. The van der Waals surface area contributed by atoms with E-state index in [1.165, 1.54) is 6.08 Å². The van der Waals surface area contributed by atoms with E-state index >= 15 is 0 Å². The van der Waals surface area contributed by atoms with Gasteiger partial charge in [0.1, 0.15) is 19.0 Å². The van der Waals surface area contributed by atoms with Crippen LogP contribution in [0.1, 0.15) is 31.0 Å². The Morgan fingerprint density at radius 3 is 2.59 bits per heavy atom. The van der Waals surface area contributed by atoms with Crippen LogP contribution in [0.3, 0.4) is 0 Å². The smallest absolute Gasteiger partial charge is 0.244 e. The average Bonchev–Trinajstić information content (AvgIpc) is 2.70. The minimum atomic E-state index is -0.158. The molecule has 142 valence electrons. The highest BCUT2D eigenvalue weighted by atomic mass is 16.6. The zero-order chi connectivity index (χ0) is 19.2. The molecule has 1 aliphatic heterocycles. The van der Waals surface area contributed by atoms with Gasteiger partial charge in [-0.15, -0.1) is 0 Å². The molecule has 3 rings (SSSR count). The number of hydrogen-bond donors (Lipinski definition) is 1. The summed E-state index contributed by atoms with van der Waals surface area (Å²) in [4.78, 5) is 12.5. The minimum absolute atomic E-state index is 0.129. The van der Waals surface area contributed by atoms with E-state index in [0.29, 0.717) is 13.2 Å². The van der Waals surface area contributed by atoms with E-state index in [1.807, 2.05) is 42.5 Å². The summed E-state index contributed by atoms with van der Waals surface area (Å²) >= 11 is 0. The Balaban J connectivity index is 1.74. The summed E-state index contributed by atoms with van der Waals surface area (Å²) in [7, 11) is 1.61. The van der Waals surface area contributed by atoms with Crippen molar-refractivity contribution in [3.63, 3.8) is 0 Å². The number of nitrogens with one attached hydrogen (secondary N) is 1. The lowest BCUT2D eigenvalue weighted by atomic mass is 9.95. The largest absolute Gasteiger partial charge is 0.496 e. The predicted octanol–water partition coefficient (Wildman–Crippen LogP) is 3.99. The van der Waals surface area contributed by atoms with Gasteiger partial charge in [0.2, 0.25) is 5.91 Å². The summed E-state index contributed by atoms with van der Waals surface area (Å²) in [6.45, 7) is 5.25. The molecule has 27 heavy (non-hydrogen) atoms. The molecule has 0 fully saturated rings. The lowest BCUT2D eigenvalue weighted by Gasteiger charge is -2.25. The van der Waals surface area contributed by atoms with Gasteiger partial charge in [-0.2, -0.15) is 0 Å². The summed E-state index contributed by atoms with van der Waals surface area (Å²) in [6.07, 6.45) is 3.29. The predicted molar refractivity (Wildman–Crippen MR) is 105 cm³/mol. The van der Waals surface area contributed by atoms with Crippen molar-refractivity contribution in [2.45, 2.75) is 19.9 Å². The van der Waals surface area contributed by atoms with Gasteiger partial charge in [-0.05, 0) is 35.8 Å². The van der Waals surface area contributed by atoms with Crippen molar-refractivity contribution in [1.82, 2.24) is 5.32 Å². The Morgan fingerprint density at radius 1 is 1.11 bits per heavy atom. The summed E-state index contributed by atoms with van der Waals surface area (Å²) in [5.74, 6) is 2.26. The maximum atomic E-state index is 12.5. The van der Waals surface area contributed by atoms with Crippen LogP contribution in [-0.2, 0) is 4.79 Å². The molecule has 0 aliphatic carbocycles. The van der Waals surface area contributed by atoms with Crippen LogP contribution in [0.15, 0.2) is 48.5 Å². The maximum Gasteiger partial charge on any atom is 0.244 e. The van der Waals surface area contributed by atoms with Crippen molar-refractivity contribution in [3.05, 3.63) is 59.7 Å². The molecule has 5 nitrogen and oxygen atoms in total. The Kier molecular flexibility index (Phi) is 6.01. The van der Waals surface area contributed by atoms with Gasteiger partial charge >= 0.3 is 0 Å². The third-order valence-electron chi connectivity index (χ3n) is 4.44. The van der Waals surface area contributed by atoms with Gasteiger partial charge in [-0.3, -0.25) is 4.79 Å². The van der Waals surface area contributed by atoms with Gasteiger partial charge in [0.25, 0.3) is 0 Å².